The van der Waals surface area contributed by atoms with Gasteiger partial charge in [0.15, 0.2) is 5.11 Å². The van der Waals surface area contributed by atoms with Crippen molar-refractivity contribution in [2.45, 2.75) is 13.8 Å². The Labute approximate surface area is 137 Å². The van der Waals surface area contributed by atoms with Gasteiger partial charge in [0.25, 0.3) is 0 Å². The van der Waals surface area contributed by atoms with Crippen molar-refractivity contribution in [3.05, 3.63) is 35.4 Å². The normalized spacial score (nSPS) is 16.4. The molecule has 5 nitrogen and oxygen atoms in total. The maximum atomic E-state index is 5.32. The third-order valence-corrected chi connectivity index (χ3v) is 3.85. The number of nitrogens with zero attached hydrogens (tertiary/aromatic N) is 2. The number of ether oxygens (including phenoxy) is 1. The maximum absolute atomic E-state index is 5.32. The molecule has 2 rings (SSSR count). The molecule has 0 spiro atoms. The summed E-state index contributed by atoms with van der Waals surface area (Å²) in [5.74, 6) is 0. The van der Waals surface area contributed by atoms with Gasteiger partial charge in [0.2, 0.25) is 0 Å². The van der Waals surface area contributed by atoms with Gasteiger partial charge in [-0.1, -0.05) is 29.8 Å². The second kappa shape index (κ2) is 8.82. The summed E-state index contributed by atoms with van der Waals surface area (Å²) < 4.78 is 5.32. The predicted octanol–water partition coefficient (Wildman–Crippen LogP) is 1.52. The molecule has 0 saturated carbocycles. The molecule has 0 radical (unpaired) electrons. The molecule has 0 aliphatic carbocycles. The lowest BCUT2D eigenvalue weighted by molar-refractivity contribution is 0.0389. The van der Waals surface area contributed by atoms with Gasteiger partial charge < -0.3 is 10.1 Å². The number of hydrogen-bond acceptors (Lipinski definition) is 4. The number of aryl methyl sites for hydroxylation is 1. The molecule has 1 aromatic rings. The number of benzene rings is 1. The summed E-state index contributed by atoms with van der Waals surface area (Å²) in [5, 5.41) is 8.05. The van der Waals surface area contributed by atoms with Crippen LogP contribution in [0.5, 0.6) is 0 Å². The number of thiocarbonyl (C=S) groups is 1. The summed E-state index contributed by atoms with van der Waals surface area (Å²) in [6, 6.07) is 8.27. The smallest absolute Gasteiger partial charge is 0.187 e. The molecule has 0 amide bonds. The molecule has 120 valence electrons. The Kier molecular flexibility index (Phi) is 6.76. The number of hydrogen-bond donors (Lipinski definition) is 2. The zero-order chi connectivity index (χ0) is 15.8. The third kappa shape index (κ3) is 5.71. The average molecular weight is 320 g/mol. The van der Waals surface area contributed by atoms with Crippen LogP contribution in [0.4, 0.5) is 0 Å². The summed E-state index contributed by atoms with van der Waals surface area (Å²) in [6.07, 6.45) is 0. The molecule has 0 atom stereocenters. The highest BCUT2D eigenvalue weighted by atomic mass is 32.1. The molecule has 22 heavy (non-hydrogen) atoms. The van der Waals surface area contributed by atoms with Crippen molar-refractivity contribution < 1.29 is 4.74 Å². The van der Waals surface area contributed by atoms with Crippen LogP contribution >= 0.6 is 12.2 Å². The van der Waals surface area contributed by atoms with Gasteiger partial charge in [-0.25, -0.2) is 0 Å². The zero-order valence-electron chi connectivity index (χ0n) is 13.3. The molecule has 1 aliphatic rings. The fourth-order valence-corrected chi connectivity index (χ4v) is 2.33. The standard InChI is InChI=1S/C16H24N4OS/c1-13-3-5-15(6-4-13)14(2)18-19-16(22)17-7-8-20-9-11-21-12-10-20/h3-6H,7-12H2,1-2H3,(H2,17,19,22)/b18-14-. The van der Waals surface area contributed by atoms with Gasteiger partial charge in [-0.3, -0.25) is 10.3 Å². The van der Waals surface area contributed by atoms with Crippen molar-refractivity contribution >= 4 is 23.0 Å². The Morgan fingerprint density at radius 2 is 1.95 bits per heavy atom. The molecule has 1 aliphatic heterocycles. The zero-order valence-corrected chi connectivity index (χ0v) is 14.1. The molecule has 0 unspecified atom stereocenters. The minimum atomic E-state index is 0.555. The van der Waals surface area contributed by atoms with Crippen molar-refractivity contribution in [1.29, 1.82) is 0 Å². The SMILES string of the molecule is C/C(=N/NC(=S)NCCN1CCOCC1)c1ccc(C)cc1. The average Bonchev–Trinajstić information content (AvgIpc) is 2.54. The fourth-order valence-electron chi connectivity index (χ4n) is 2.19. The lowest BCUT2D eigenvalue weighted by Gasteiger charge is -2.26. The topological polar surface area (TPSA) is 48.9 Å². The van der Waals surface area contributed by atoms with Crippen LogP contribution in [0.1, 0.15) is 18.1 Å². The summed E-state index contributed by atoms with van der Waals surface area (Å²) in [7, 11) is 0. The van der Waals surface area contributed by atoms with E-state index in [9.17, 15) is 0 Å². The molecule has 1 heterocycles. The van der Waals surface area contributed by atoms with E-state index in [1.807, 2.05) is 6.92 Å². The first kappa shape index (κ1) is 16.9. The van der Waals surface area contributed by atoms with Gasteiger partial charge in [-0.2, -0.15) is 5.10 Å². The van der Waals surface area contributed by atoms with E-state index in [-0.39, 0.29) is 0 Å². The number of nitrogens with one attached hydrogen (secondary N) is 2. The van der Waals surface area contributed by atoms with Crippen LogP contribution in [0.2, 0.25) is 0 Å². The number of morpholine rings is 1. The molecule has 1 fully saturated rings. The number of hydrazone groups is 1. The highest BCUT2D eigenvalue weighted by Crippen LogP contribution is 2.04. The van der Waals surface area contributed by atoms with Crippen molar-refractivity contribution in [3.8, 4) is 0 Å². The molecule has 0 bridgehead atoms. The largest absolute Gasteiger partial charge is 0.379 e. The Morgan fingerprint density at radius 1 is 1.27 bits per heavy atom. The maximum Gasteiger partial charge on any atom is 0.187 e. The van der Waals surface area contributed by atoms with Crippen LogP contribution in [0, 0.1) is 6.92 Å². The van der Waals surface area contributed by atoms with Gasteiger partial charge in [-0.05, 0) is 31.6 Å². The second-order valence-electron chi connectivity index (χ2n) is 5.38. The minimum absolute atomic E-state index is 0.555. The van der Waals surface area contributed by atoms with E-state index < -0.39 is 0 Å². The van der Waals surface area contributed by atoms with Crippen molar-refractivity contribution in [1.82, 2.24) is 15.6 Å². The van der Waals surface area contributed by atoms with E-state index in [1.54, 1.807) is 0 Å². The fraction of sp³-hybridized carbons (Fsp3) is 0.500. The lowest BCUT2D eigenvalue weighted by Crippen LogP contribution is -2.42. The quantitative estimate of drug-likeness (QED) is 0.489. The summed E-state index contributed by atoms with van der Waals surface area (Å²) in [4.78, 5) is 2.36. The van der Waals surface area contributed by atoms with E-state index in [4.69, 9.17) is 17.0 Å². The van der Waals surface area contributed by atoms with Gasteiger partial charge in [0.05, 0.1) is 18.9 Å². The van der Waals surface area contributed by atoms with E-state index in [0.29, 0.717) is 5.11 Å². The first-order chi connectivity index (χ1) is 10.6. The van der Waals surface area contributed by atoms with Gasteiger partial charge in [0.1, 0.15) is 0 Å². The lowest BCUT2D eigenvalue weighted by atomic mass is 10.1. The number of rotatable bonds is 5. The van der Waals surface area contributed by atoms with E-state index in [1.165, 1.54) is 5.56 Å². The summed E-state index contributed by atoms with van der Waals surface area (Å²) >= 11 is 5.24. The van der Waals surface area contributed by atoms with Gasteiger partial charge in [0, 0.05) is 26.2 Å². The summed E-state index contributed by atoms with van der Waals surface area (Å²) in [5.41, 5.74) is 6.14. The molecule has 1 aromatic carbocycles. The van der Waals surface area contributed by atoms with E-state index in [0.717, 1.165) is 50.7 Å². The van der Waals surface area contributed by atoms with Crippen molar-refractivity contribution in [2.75, 3.05) is 39.4 Å². The Bertz CT molecular complexity index is 509. The van der Waals surface area contributed by atoms with E-state index >= 15 is 0 Å². The van der Waals surface area contributed by atoms with Crippen LogP contribution in [-0.2, 0) is 4.74 Å². The molecule has 2 N–H and O–H groups in total. The second-order valence-corrected chi connectivity index (χ2v) is 5.79. The third-order valence-electron chi connectivity index (χ3n) is 3.61. The van der Waals surface area contributed by atoms with Gasteiger partial charge in [-0.15, -0.1) is 0 Å². The highest BCUT2D eigenvalue weighted by Gasteiger charge is 2.09. The van der Waals surface area contributed by atoms with Crippen LogP contribution in [0.3, 0.4) is 0 Å². The molecular formula is C16H24N4OS. The Hall–Kier alpha value is -1.50. The van der Waals surface area contributed by atoms with Crippen molar-refractivity contribution in [2.24, 2.45) is 5.10 Å². The predicted molar refractivity (Wildman–Crippen MR) is 94.4 cm³/mol. The minimum Gasteiger partial charge on any atom is -0.379 e. The van der Waals surface area contributed by atoms with Gasteiger partial charge >= 0.3 is 0 Å². The Balaban J connectivity index is 1.69. The molecule has 1 saturated heterocycles. The van der Waals surface area contributed by atoms with Crippen LogP contribution < -0.4 is 10.7 Å². The van der Waals surface area contributed by atoms with Crippen molar-refractivity contribution in [3.63, 3.8) is 0 Å². The van der Waals surface area contributed by atoms with E-state index in [2.05, 4.69) is 51.9 Å². The first-order valence-corrected chi connectivity index (χ1v) is 8.01. The molecule has 6 heteroatoms. The Morgan fingerprint density at radius 3 is 2.64 bits per heavy atom. The van der Waals surface area contributed by atoms with Crippen LogP contribution in [-0.4, -0.2) is 55.1 Å². The first-order valence-electron chi connectivity index (χ1n) is 7.60. The monoisotopic (exact) mass is 320 g/mol. The van der Waals surface area contributed by atoms with Crippen LogP contribution in [0.15, 0.2) is 29.4 Å². The molecule has 0 aromatic heterocycles. The highest BCUT2D eigenvalue weighted by molar-refractivity contribution is 7.80. The molecular weight excluding hydrogens is 296 g/mol. The summed E-state index contributed by atoms with van der Waals surface area (Å²) in [6.45, 7) is 9.44. The van der Waals surface area contributed by atoms with Crippen LogP contribution in [0.25, 0.3) is 0 Å².